The number of nitrogen functional groups attached to an aromatic ring is 1. The molecule has 1 aromatic carbocycles. The number of amides is 1. The Morgan fingerprint density at radius 2 is 2.06 bits per heavy atom. The largest absolute Gasteiger partial charge is 0.450 e. The highest BCUT2D eigenvalue weighted by atomic mass is 16.6. The number of esters is 1. The quantitative estimate of drug-likeness (QED) is 0.346. The second kappa shape index (κ2) is 9.61. The molecule has 1 amide bonds. The number of hydrogen-bond donors (Lipinski definition) is 3. The average molecular weight is 437 g/mol. The van der Waals surface area contributed by atoms with Crippen molar-refractivity contribution in [3.63, 3.8) is 0 Å². The van der Waals surface area contributed by atoms with Crippen molar-refractivity contribution in [2.24, 2.45) is 0 Å². The fourth-order valence-corrected chi connectivity index (χ4v) is 4.74. The maximum Gasteiger partial charge on any atom is 0.335 e. The van der Waals surface area contributed by atoms with Crippen LogP contribution in [-0.2, 0) is 14.3 Å². The van der Waals surface area contributed by atoms with Gasteiger partial charge in [0.05, 0.1) is 5.57 Å². The molecule has 4 N–H and O–H groups in total. The predicted octanol–water partition coefficient (Wildman–Crippen LogP) is 2.78. The molecule has 0 atom stereocenters. The lowest BCUT2D eigenvalue weighted by Gasteiger charge is -2.39. The van der Waals surface area contributed by atoms with Crippen LogP contribution in [0.3, 0.4) is 0 Å². The number of carbonyl (C=O) groups is 2. The molecule has 7 heteroatoms. The average Bonchev–Trinajstić information content (AvgIpc) is 3.03. The second-order valence-electron chi connectivity index (χ2n) is 8.76. The van der Waals surface area contributed by atoms with E-state index in [4.69, 9.17) is 10.5 Å². The molecule has 0 bridgehead atoms. The highest BCUT2D eigenvalue weighted by Crippen LogP contribution is 2.41. The van der Waals surface area contributed by atoms with E-state index in [-0.39, 0.29) is 11.9 Å². The van der Waals surface area contributed by atoms with E-state index < -0.39 is 5.60 Å². The fourth-order valence-electron chi connectivity index (χ4n) is 4.74. The first-order valence-corrected chi connectivity index (χ1v) is 11.4. The second-order valence-corrected chi connectivity index (χ2v) is 8.76. The van der Waals surface area contributed by atoms with Crippen LogP contribution in [0.2, 0.25) is 0 Å². The lowest BCUT2D eigenvalue weighted by atomic mass is 9.82. The molecule has 0 unspecified atom stereocenters. The first-order valence-electron chi connectivity index (χ1n) is 11.4. The van der Waals surface area contributed by atoms with Crippen molar-refractivity contribution in [3.8, 4) is 0 Å². The summed E-state index contributed by atoms with van der Waals surface area (Å²) < 4.78 is 5.81. The highest BCUT2D eigenvalue weighted by molar-refractivity contribution is 6.07. The number of hydrogen-bond acceptors (Lipinski definition) is 6. The minimum absolute atomic E-state index is 0.212. The normalized spacial score (nSPS) is 20.3. The number of nitrogens with two attached hydrogens (primary N) is 1. The Hall–Kier alpha value is -3.06. The summed E-state index contributed by atoms with van der Waals surface area (Å²) in [4.78, 5) is 27.8. The van der Waals surface area contributed by atoms with Gasteiger partial charge in [-0.1, -0.05) is 29.9 Å². The molecule has 1 aliphatic carbocycles. The summed E-state index contributed by atoms with van der Waals surface area (Å²) in [7, 11) is 0. The zero-order chi connectivity index (χ0) is 22.6. The number of piperidine rings is 1. The summed E-state index contributed by atoms with van der Waals surface area (Å²) in [5, 5.41) is 6.20. The van der Waals surface area contributed by atoms with Crippen molar-refractivity contribution in [2.75, 3.05) is 43.8 Å². The molecule has 0 saturated carbocycles. The molecular weight excluding hydrogens is 404 g/mol. The Morgan fingerprint density at radius 1 is 1.25 bits per heavy atom. The Kier molecular flexibility index (Phi) is 6.65. The minimum Gasteiger partial charge on any atom is -0.450 e. The molecule has 2 aliphatic heterocycles. The first-order chi connectivity index (χ1) is 15.5. The molecule has 1 fully saturated rings. The molecule has 7 nitrogen and oxygen atoms in total. The number of allylic oxidation sites excluding steroid dienone is 3. The van der Waals surface area contributed by atoms with E-state index in [1.54, 1.807) is 6.92 Å². The van der Waals surface area contributed by atoms with Gasteiger partial charge in [0, 0.05) is 62.5 Å². The lowest BCUT2D eigenvalue weighted by Crippen LogP contribution is -2.49. The van der Waals surface area contributed by atoms with Gasteiger partial charge in [-0.2, -0.15) is 0 Å². The van der Waals surface area contributed by atoms with E-state index >= 15 is 0 Å². The number of nitrogens with one attached hydrogen (secondary N) is 2. The topological polar surface area (TPSA) is 96.7 Å². The lowest BCUT2D eigenvalue weighted by molar-refractivity contribution is -0.150. The van der Waals surface area contributed by atoms with Gasteiger partial charge in [-0.3, -0.25) is 9.69 Å². The summed E-state index contributed by atoms with van der Waals surface area (Å²) in [5.74, 6) is -0.585. The number of nitrogens with zero attached hydrogens (tertiary/aromatic N) is 1. The van der Waals surface area contributed by atoms with Crippen LogP contribution in [0.25, 0.3) is 0 Å². The van der Waals surface area contributed by atoms with Gasteiger partial charge in [-0.15, -0.1) is 0 Å². The van der Waals surface area contributed by atoms with E-state index in [0.29, 0.717) is 42.8 Å². The van der Waals surface area contributed by atoms with Crippen LogP contribution in [0.15, 0.2) is 59.2 Å². The molecule has 1 spiro atoms. The molecule has 170 valence electrons. The Balaban J connectivity index is 1.33. The maximum atomic E-state index is 13.1. The number of benzene rings is 1. The molecule has 3 aliphatic rings. The number of ether oxygens (including phenoxy) is 1. The number of likely N-dealkylation sites (tertiary alicyclic amines) is 1. The SMILES string of the molecule is CC1=C(C(=O)NCCNc2cccc(N)c2)C2(CCN(CC3=CC=CCC3)CC2)OC1=O. The first kappa shape index (κ1) is 22.1. The molecule has 1 aromatic rings. The molecule has 0 aromatic heterocycles. The summed E-state index contributed by atoms with van der Waals surface area (Å²) in [5.41, 5.74) is 8.95. The van der Waals surface area contributed by atoms with Crippen LogP contribution in [0, 0.1) is 0 Å². The monoisotopic (exact) mass is 436 g/mol. The summed E-state index contributed by atoms with van der Waals surface area (Å²) in [6.07, 6.45) is 10.00. The van der Waals surface area contributed by atoms with E-state index in [2.05, 4.69) is 33.8 Å². The summed E-state index contributed by atoms with van der Waals surface area (Å²) in [6.45, 7) is 5.23. The van der Waals surface area contributed by atoms with Crippen molar-refractivity contribution in [1.82, 2.24) is 10.2 Å². The van der Waals surface area contributed by atoms with Gasteiger partial charge in [0.1, 0.15) is 5.60 Å². The van der Waals surface area contributed by atoms with Crippen molar-refractivity contribution in [3.05, 3.63) is 59.2 Å². The van der Waals surface area contributed by atoms with Crippen LogP contribution in [0.5, 0.6) is 0 Å². The number of anilines is 2. The molecule has 4 rings (SSSR count). The van der Waals surface area contributed by atoms with Gasteiger partial charge in [0.15, 0.2) is 0 Å². The molecule has 32 heavy (non-hydrogen) atoms. The molecular formula is C25H32N4O3. The van der Waals surface area contributed by atoms with E-state index in [1.165, 1.54) is 5.57 Å². The zero-order valence-corrected chi connectivity index (χ0v) is 18.7. The van der Waals surface area contributed by atoms with Crippen LogP contribution in [0.4, 0.5) is 11.4 Å². The maximum absolute atomic E-state index is 13.1. The van der Waals surface area contributed by atoms with Gasteiger partial charge in [-0.25, -0.2) is 4.79 Å². The minimum atomic E-state index is -0.802. The standard InChI is InChI=1S/C25H32N4O3/c1-18-22(23(30)28-13-12-27-21-9-5-8-20(26)16-21)25(32-24(18)31)10-14-29(15-11-25)17-19-6-3-2-4-7-19/h2-3,5-6,8-9,16,27H,4,7,10-15,17,26H2,1H3,(H,28,30). The highest BCUT2D eigenvalue weighted by Gasteiger charge is 2.50. The van der Waals surface area contributed by atoms with Crippen LogP contribution in [0.1, 0.15) is 32.6 Å². The van der Waals surface area contributed by atoms with Crippen LogP contribution < -0.4 is 16.4 Å². The van der Waals surface area contributed by atoms with E-state index in [0.717, 1.165) is 38.2 Å². The zero-order valence-electron chi connectivity index (χ0n) is 18.7. The van der Waals surface area contributed by atoms with E-state index in [9.17, 15) is 9.59 Å². The van der Waals surface area contributed by atoms with Gasteiger partial charge < -0.3 is 21.1 Å². The summed E-state index contributed by atoms with van der Waals surface area (Å²) >= 11 is 0. The fraction of sp³-hybridized carbons (Fsp3) is 0.440. The van der Waals surface area contributed by atoms with Crippen molar-refractivity contribution in [1.29, 1.82) is 0 Å². The van der Waals surface area contributed by atoms with Gasteiger partial charge in [0.2, 0.25) is 0 Å². The Morgan fingerprint density at radius 3 is 2.78 bits per heavy atom. The van der Waals surface area contributed by atoms with Crippen molar-refractivity contribution in [2.45, 2.75) is 38.2 Å². The van der Waals surface area contributed by atoms with Gasteiger partial charge >= 0.3 is 5.97 Å². The van der Waals surface area contributed by atoms with Crippen molar-refractivity contribution < 1.29 is 14.3 Å². The number of carbonyl (C=O) groups excluding carboxylic acids is 2. The van der Waals surface area contributed by atoms with E-state index in [1.807, 2.05) is 24.3 Å². The molecule has 2 heterocycles. The van der Waals surface area contributed by atoms with Gasteiger partial charge in [0.25, 0.3) is 5.91 Å². The Bertz CT molecular complexity index is 971. The van der Waals surface area contributed by atoms with Gasteiger partial charge in [-0.05, 0) is 38.0 Å². The van der Waals surface area contributed by atoms with Crippen LogP contribution >= 0.6 is 0 Å². The Labute approximate surface area is 189 Å². The van der Waals surface area contributed by atoms with Crippen molar-refractivity contribution >= 4 is 23.3 Å². The third-order valence-corrected chi connectivity index (χ3v) is 6.47. The third-order valence-electron chi connectivity index (χ3n) is 6.47. The summed E-state index contributed by atoms with van der Waals surface area (Å²) in [6, 6.07) is 7.48. The molecule has 1 saturated heterocycles. The number of rotatable bonds is 7. The predicted molar refractivity (Wildman–Crippen MR) is 126 cm³/mol. The molecule has 0 radical (unpaired) electrons. The smallest absolute Gasteiger partial charge is 0.335 e. The third kappa shape index (κ3) is 4.88. The van der Waals surface area contributed by atoms with Crippen LogP contribution in [-0.4, -0.2) is 55.1 Å².